The van der Waals surface area contributed by atoms with Gasteiger partial charge in [-0.05, 0) is 44.6 Å². The fourth-order valence-corrected chi connectivity index (χ4v) is 2.77. The van der Waals surface area contributed by atoms with E-state index in [1.807, 2.05) is 0 Å². The number of nitrogens with one attached hydrogen (secondary N) is 3. The van der Waals surface area contributed by atoms with E-state index in [9.17, 15) is 13.2 Å². The first kappa shape index (κ1) is 14.0. The Morgan fingerprint density at radius 2 is 2.21 bits per heavy atom. The third kappa shape index (κ3) is 3.31. The zero-order chi connectivity index (χ0) is 13.9. The number of amides is 1. The fraction of sp³-hybridized carbons (Fsp3) is 0.417. The summed E-state index contributed by atoms with van der Waals surface area (Å²) >= 11 is 0. The van der Waals surface area contributed by atoms with Gasteiger partial charge in [0, 0.05) is 5.69 Å². The molecule has 1 aromatic carbocycles. The summed E-state index contributed by atoms with van der Waals surface area (Å²) in [5.41, 5.74) is 0.482. The van der Waals surface area contributed by atoms with E-state index in [0.29, 0.717) is 5.69 Å². The van der Waals surface area contributed by atoms with Crippen LogP contribution in [0.25, 0.3) is 0 Å². The Kier molecular flexibility index (Phi) is 4.18. The minimum atomic E-state index is -3.49. The molecular weight excluding hydrogens is 266 g/mol. The number of rotatable bonds is 4. The van der Waals surface area contributed by atoms with Crippen LogP contribution in [0.1, 0.15) is 12.8 Å². The molecule has 1 aromatic rings. The second kappa shape index (κ2) is 5.68. The molecule has 6 nitrogen and oxygen atoms in total. The third-order valence-corrected chi connectivity index (χ3v) is 4.47. The maximum atomic E-state index is 11.9. The molecule has 0 spiro atoms. The summed E-state index contributed by atoms with van der Waals surface area (Å²) in [6, 6.07) is 6.00. The van der Waals surface area contributed by atoms with Gasteiger partial charge < -0.3 is 10.6 Å². The molecule has 7 heteroatoms. The molecule has 1 aliphatic heterocycles. The lowest BCUT2D eigenvalue weighted by molar-refractivity contribution is -0.117. The normalized spacial score (nSPS) is 19.3. The van der Waals surface area contributed by atoms with Crippen molar-refractivity contribution >= 4 is 21.6 Å². The highest BCUT2D eigenvalue weighted by atomic mass is 32.2. The van der Waals surface area contributed by atoms with Gasteiger partial charge in [0.2, 0.25) is 15.9 Å². The van der Waals surface area contributed by atoms with Crippen molar-refractivity contribution in [3.8, 4) is 0 Å². The predicted octanol–water partition coefficient (Wildman–Crippen LogP) is 0.285. The molecule has 0 aromatic heterocycles. The first-order valence-electron chi connectivity index (χ1n) is 6.11. The zero-order valence-electron chi connectivity index (χ0n) is 10.6. The second-order valence-electron chi connectivity index (χ2n) is 4.37. The van der Waals surface area contributed by atoms with Gasteiger partial charge in [-0.1, -0.05) is 6.07 Å². The van der Waals surface area contributed by atoms with Crippen molar-refractivity contribution < 1.29 is 13.2 Å². The Morgan fingerprint density at radius 3 is 2.84 bits per heavy atom. The lowest BCUT2D eigenvalue weighted by atomic mass is 10.2. The number of carbonyl (C=O) groups excluding carboxylic acids is 1. The minimum Gasteiger partial charge on any atom is -0.325 e. The van der Waals surface area contributed by atoms with Gasteiger partial charge in [0.05, 0.1) is 10.9 Å². The smallest absolute Gasteiger partial charge is 0.241 e. The summed E-state index contributed by atoms with van der Waals surface area (Å²) in [7, 11) is -2.14. The number of hydrogen-bond donors (Lipinski definition) is 3. The van der Waals surface area contributed by atoms with Crippen LogP contribution < -0.4 is 15.4 Å². The number of benzene rings is 1. The molecule has 0 saturated carbocycles. The lowest BCUT2D eigenvalue weighted by Crippen LogP contribution is -2.35. The molecule has 1 heterocycles. The first-order valence-corrected chi connectivity index (χ1v) is 7.59. The van der Waals surface area contributed by atoms with Crippen LogP contribution in [0.2, 0.25) is 0 Å². The molecule has 1 saturated heterocycles. The monoisotopic (exact) mass is 283 g/mol. The van der Waals surface area contributed by atoms with Crippen LogP contribution >= 0.6 is 0 Å². The van der Waals surface area contributed by atoms with Gasteiger partial charge in [-0.15, -0.1) is 0 Å². The molecule has 0 aliphatic carbocycles. The highest BCUT2D eigenvalue weighted by molar-refractivity contribution is 7.89. The number of sulfonamides is 1. The minimum absolute atomic E-state index is 0.128. The standard InChI is InChI=1S/C12H17N3O3S/c1-13-19(17,18)10-5-2-4-9(8-10)15-12(16)11-6-3-7-14-11/h2,4-5,8,11,13-14H,3,6-7H2,1H3,(H,15,16)/t11-/m0/s1. The van der Waals surface area contributed by atoms with Crippen LogP contribution in [0.5, 0.6) is 0 Å². The summed E-state index contributed by atoms with van der Waals surface area (Å²) < 4.78 is 25.6. The molecule has 1 amide bonds. The van der Waals surface area contributed by atoms with Crippen molar-refractivity contribution in [3.05, 3.63) is 24.3 Å². The molecule has 2 rings (SSSR count). The maximum absolute atomic E-state index is 11.9. The van der Waals surface area contributed by atoms with Gasteiger partial charge in [-0.2, -0.15) is 0 Å². The van der Waals surface area contributed by atoms with Gasteiger partial charge in [0.1, 0.15) is 0 Å². The van der Waals surface area contributed by atoms with Gasteiger partial charge in [0.25, 0.3) is 0 Å². The Morgan fingerprint density at radius 1 is 1.42 bits per heavy atom. The van der Waals surface area contributed by atoms with E-state index in [0.717, 1.165) is 19.4 Å². The van der Waals surface area contributed by atoms with Crippen molar-refractivity contribution in [2.24, 2.45) is 0 Å². The van der Waals surface area contributed by atoms with Crippen LogP contribution in [-0.2, 0) is 14.8 Å². The van der Waals surface area contributed by atoms with Crippen LogP contribution in [0, 0.1) is 0 Å². The summed E-state index contributed by atoms with van der Waals surface area (Å²) in [6.07, 6.45) is 1.78. The van der Waals surface area contributed by atoms with Crippen LogP contribution in [0.15, 0.2) is 29.2 Å². The summed E-state index contributed by atoms with van der Waals surface area (Å²) in [4.78, 5) is 12.0. The van der Waals surface area contributed by atoms with Gasteiger partial charge >= 0.3 is 0 Å². The van der Waals surface area contributed by atoms with E-state index in [1.54, 1.807) is 12.1 Å². The van der Waals surface area contributed by atoms with E-state index in [2.05, 4.69) is 15.4 Å². The van der Waals surface area contributed by atoms with E-state index in [-0.39, 0.29) is 16.8 Å². The SMILES string of the molecule is CNS(=O)(=O)c1cccc(NC(=O)[C@@H]2CCCN2)c1. The van der Waals surface area contributed by atoms with Crippen molar-refractivity contribution in [1.29, 1.82) is 0 Å². The Labute approximate surface area is 112 Å². The van der Waals surface area contributed by atoms with Crippen LogP contribution in [0.4, 0.5) is 5.69 Å². The predicted molar refractivity (Wildman–Crippen MR) is 72.3 cm³/mol. The molecule has 19 heavy (non-hydrogen) atoms. The topological polar surface area (TPSA) is 87.3 Å². The molecule has 104 valence electrons. The third-order valence-electron chi connectivity index (χ3n) is 3.06. The van der Waals surface area contributed by atoms with Crippen LogP contribution in [-0.4, -0.2) is 34.0 Å². The summed E-state index contributed by atoms with van der Waals surface area (Å²) in [5.74, 6) is -0.128. The van der Waals surface area contributed by atoms with E-state index in [4.69, 9.17) is 0 Å². The summed E-state index contributed by atoms with van der Waals surface area (Å²) in [6.45, 7) is 0.840. The van der Waals surface area contributed by atoms with Crippen molar-refractivity contribution in [1.82, 2.24) is 10.0 Å². The van der Waals surface area contributed by atoms with Gasteiger partial charge in [0.15, 0.2) is 0 Å². The second-order valence-corrected chi connectivity index (χ2v) is 6.26. The lowest BCUT2D eigenvalue weighted by Gasteiger charge is -2.12. The molecule has 1 atom stereocenters. The molecular formula is C12H17N3O3S. The van der Waals surface area contributed by atoms with E-state index >= 15 is 0 Å². The van der Waals surface area contributed by atoms with Gasteiger partial charge in [-0.3, -0.25) is 4.79 Å². The quantitative estimate of drug-likeness (QED) is 0.741. The Balaban J connectivity index is 2.13. The average molecular weight is 283 g/mol. The number of hydrogen-bond acceptors (Lipinski definition) is 4. The maximum Gasteiger partial charge on any atom is 0.241 e. The van der Waals surface area contributed by atoms with E-state index in [1.165, 1.54) is 19.2 Å². The molecule has 3 N–H and O–H groups in total. The zero-order valence-corrected chi connectivity index (χ0v) is 11.5. The Bertz CT molecular complexity index is 565. The average Bonchev–Trinajstić information content (AvgIpc) is 2.93. The number of carbonyl (C=O) groups is 1. The highest BCUT2D eigenvalue weighted by Crippen LogP contribution is 2.16. The molecule has 0 radical (unpaired) electrons. The molecule has 1 aliphatic rings. The molecule has 0 unspecified atom stereocenters. The largest absolute Gasteiger partial charge is 0.325 e. The van der Waals surface area contributed by atoms with Crippen molar-refractivity contribution in [2.75, 3.05) is 18.9 Å². The molecule has 1 fully saturated rings. The van der Waals surface area contributed by atoms with E-state index < -0.39 is 10.0 Å². The highest BCUT2D eigenvalue weighted by Gasteiger charge is 2.22. The van der Waals surface area contributed by atoms with Crippen molar-refractivity contribution in [3.63, 3.8) is 0 Å². The Hall–Kier alpha value is -1.44. The first-order chi connectivity index (χ1) is 9.03. The molecule has 0 bridgehead atoms. The van der Waals surface area contributed by atoms with Gasteiger partial charge in [-0.25, -0.2) is 13.1 Å². The summed E-state index contributed by atoms with van der Waals surface area (Å²) in [5, 5.41) is 5.82. The van der Waals surface area contributed by atoms with Crippen molar-refractivity contribution in [2.45, 2.75) is 23.8 Å². The number of anilines is 1. The fourth-order valence-electron chi connectivity index (χ4n) is 2.00. The van der Waals surface area contributed by atoms with Crippen LogP contribution in [0.3, 0.4) is 0 Å².